The highest BCUT2D eigenvalue weighted by atomic mass is 32.2. The average molecular weight is 391 g/mol. The Morgan fingerprint density at radius 3 is 2.81 bits per heavy atom. The van der Waals surface area contributed by atoms with Crippen LogP contribution in [0.15, 0.2) is 29.4 Å². The minimum Gasteiger partial charge on any atom is -0.497 e. The molecule has 4 rings (SSSR count). The third-order valence-corrected chi connectivity index (χ3v) is 6.48. The number of sulfone groups is 1. The number of nitrogens with one attached hydrogen (secondary N) is 1. The Morgan fingerprint density at radius 2 is 2.15 bits per heavy atom. The lowest BCUT2D eigenvalue weighted by Crippen LogP contribution is -2.33. The Bertz CT molecular complexity index is 960. The van der Waals surface area contributed by atoms with Gasteiger partial charge in [-0.05, 0) is 37.1 Å². The summed E-state index contributed by atoms with van der Waals surface area (Å²) < 4.78 is 36.8. The van der Waals surface area contributed by atoms with Crippen LogP contribution in [-0.2, 0) is 21.1 Å². The molecule has 3 heterocycles. The van der Waals surface area contributed by atoms with E-state index < -0.39 is 9.84 Å². The van der Waals surface area contributed by atoms with E-state index in [1.807, 2.05) is 0 Å². The van der Waals surface area contributed by atoms with Gasteiger partial charge in [0.1, 0.15) is 17.1 Å². The van der Waals surface area contributed by atoms with Crippen molar-refractivity contribution in [3.63, 3.8) is 0 Å². The summed E-state index contributed by atoms with van der Waals surface area (Å²) in [4.78, 5) is 17.2. The number of hydrogen-bond acceptors (Lipinski definition) is 6. The Labute approximate surface area is 157 Å². The second kappa shape index (κ2) is 6.97. The van der Waals surface area contributed by atoms with Crippen molar-refractivity contribution in [3.8, 4) is 17.0 Å². The van der Waals surface area contributed by atoms with E-state index in [-0.39, 0.29) is 35.2 Å². The molecule has 9 heteroatoms. The van der Waals surface area contributed by atoms with Crippen molar-refractivity contribution in [2.45, 2.75) is 30.6 Å². The molecule has 27 heavy (non-hydrogen) atoms. The Kier molecular flexibility index (Phi) is 4.65. The number of methoxy groups -OCH3 is 1. The number of nitrogens with zero attached hydrogens (tertiary/aromatic N) is 2. The summed E-state index contributed by atoms with van der Waals surface area (Å²) in [6.45, 7) is 1.33. The highest BCUT2D eigenvalue weighted by Gasteiger charge is 2.35. The predicted molar refractivity (Wildman–Crippen MR) is 97.6 cm³/mol. The molecule has 0 bridgehead atoms. The lowest BCUT2D eigenvalue weighted by molar-refractivity contribution is 0.0850. The highest BCUT2D eigenvalue weighted by molar-refractivity contribution is 7.91. The largest absolute Gasteiger partial charge is 0.497 e. The molecular weight excluding hydrogens is 370 g/mol. The first-order chi connectivity index (χ1) is 13.0. The monoisotopic (exact) mass is 391 g/mol. The lowest BCUT2D eigenvalue weighted by Gasteiger charge is -2.12. The Hall–Kier alpha value is -2.39. The van der Waals surface area contributed by atoms with Crippen LogP contribution >= 0.6 is 0 Å². The summed E-state index contributed by atoms with van der Waals surface area (Å²) in [7, 11) is -1.90. The second-order valence-corrected chi connectivity index (χ2v) is 8.64. The molecule has 8 nitrogen and oxygen atoms in total. The molecule has 1 aromatic carbocycles. The van der Waals surface area contributed by atoms with Gasteiger partial charge >= 0.3 is 0 Å². The van der Waals surface area contributed by atoms with Crippen LogP contribution in [-0.4, -0.2) is 56.0 Å². The Morgan fingerprint density at radius 1 is 1.37 bits per heavy atom. The third-order valence-electron chi connectivity index (χ3n) is 4.89. The fourth-order valence-electron chi connectivity index (χ4n) is 3.46. The number of benzene rings is 1. The fraction of sp³-hybridized carbons (Fsp3) is 0.444. The van der Waals surface area contributed by atoms with Gasteiger partial charge in [0.15, 0.2) is 0 Å². The van der Waals surface area contributed by atoms with Crippen LogP contribution in [0.25, 0.3) is 11.3 Å². The summed E-state index contributed by atoms with van der Waals surface area (Å²) in [5, 5.41) is 2.83. The van der Waals surface area contributed by atoms with Crippen LogP contribution < -0.4 is 10.1 Å². The van der Waals surface area contributed by atoms with Crippen LogP contribution in [0.5, 0.6) is 5.75 Å². The molecule has 1 aromatic heterocycles. The quantitative estimate of drug-likeness (QED) is 0.824. The molecule has 0 radical (unpaired) electrons. The van der Waals surface area contributed by atoms with E-state index >= 15 is 0 Å². The number of ether oxygens (including phenoxy) is 2. The van der Waals surface area contributed by atoms with Gasteiger partial charge in [-0.1, -0.05) is 0 Å². The van der Waals surface area contributed by atoms with E-state index in [4.69, 9.17) is 9.47 Å². The molecule has 1 fully saturated rings. The zero-order valence-corrected chi connectivity index (χ0v) is 15.8. The van der Waals surface area contributed by atoms with Crippen molar-refractivity contribution in [3.05, 3.63) is 30.0 Å². The van der Waals surface area contributed by atoms with Crippen molar-refractivity contribution < 1.29 is 22.7 Å². The summed E-state index contributed by atoms with van der Waals surface area (Å²) >= 11 is 0. The fourth-order valence-corrected chi connectivity index (χ4v) is 4.81. The van der Waals surface area contributed by atoms with Gasteiger partial charge in [-0.15, -0.1) is 0 Å². The standard InChI is InChI=1S/C18H21N3O5S/c1-25-13-6-4-12(5-7-13)15-16(17(22)19-11-14-3-2-9-26-14)21-8-10-27(23,24)18(21)20-15/h4-7,14H,2-3,8-11H2,1H3,(H,19,22)/t14-/m1/s1. The first kappa shape index (κ1) is 18.0. The first-order valence-electron chi connectivity index (χ1n) is 8.87. The summed E-state index contributed by atoms with van der Waals surface area (Å²) in [6.07, 6.45) is 1.89. The molecule has 0 aliphatic carbocycles. The van der Waals surface area contributed by atoms with Gasteiger partial charge in [-0.25, -0.2) is 13.4 Å². The van der Waals surface area contributed by atoms with Crippen LogP contribution in [0, 0.1) is 0 Å². The maximum absolute atomic E-state index is 12.9. The predicted octanol–water partition coefficient (Wildman–Crippen LogP) is 1.25. The lowest BCUT2D eigenvalue weighted by atomic mass is 10.1. The van der Waals surface area contributed by atoms with Crippen molar-refractivity contribution in [2.75, 3.05) is 26.0 Å². The van der Waals surface area contributed by atoms with Gasteiger partial charge in [0.05, 0.1) is 19.0 Å². The zero-order chi connectivity index (χ0) is 19.0. The van der Waals surface area contributed by atoms with Gasteiger partial charge in [0.25, 0.3) is 5.91 Å². The van der Waals surface area contributed by atoms with Crippen LogP contribution in [0.3, 0.4) is 0 Å². The number of carbonyl (C=O) groups is 1. The number of carbonyl (C=O) groups excluding carboxylic acids is 1. The molecule has 0 spiro atoms. The van der Waals surface area contributed by atoms with Gasteiger partial charge < -0.3 is 19.4 Å². The van der Waals surface area contributed by atoms with Gasteiger partial charge in [-0.2, -0.15) is 0 Å². The van der Waals surface area contributed by atoms with E-state index in [1.165, 1.54) is 4.57 Å². The molecule has 2 aliphatic heterocycles. The summed E-state index contributed by atoms with van der Waals surface area (Å²) in [5.74, 6) is 0.291. The molecular formula is C18H21N3O5S. The maximum atomic E-state index is 12.9. The second-order valence-electron chi connectivity index (χ2n) is 6.64. The van der Waals surface area contributed by atoms with Crippen molar-refractivity contribution >= 4 is 15.7 Å². The molecule has 2 aliphatic rings. The molecule has 144 valence electrons. The number of aromatic nitrogens is 2. The highest BCUT2D eigenvalue weighted by Crippen LogP contribution is 2.31. The topological polar surface area (TPSA) is 99.5 Å². The smallest absolute Gasteiger partial charge is 0.270 e. The van der Waals surface area contributed by atoms with E-state index in [0.717, 1.165) is 12.8 Å². The maximum Gasteiger partial charge on any atom is 0.270 e. The summed E-state index contributed by atoms with van der Waals surface area (Å²) in [6, 6.07) is 7.03. The molecule has 1 atom stereocenters. The third kappa shape index (κ3) is 3.32. The number of fused-ring (bicyclic) bond motifs is 1. The van der Waals surface area contributed by atoms with Crippen LogP contribution in [0.1, 0.15) is 23.3 Å². The number of hydrogen-bond donors (Lipinski definition) is 1. The first-order valence-corrected chi connectivity index (χ1v) is 10.5. The Balaban J connectivity index is 1.70. The van der Waals surface area contributed by atoms with E-state index in [9.17, 15) is 13.2 Å². The summed E-state index contributed by atoms with van der Waals surface area (Å²) in [5.41, 5.74) is 1.30. The van der Waals surface area contributed by atoms with E-state index in [2.05, 4.69) is 10.3 Å². The SMILES string of the molecule is COc1ccc(-c2nc3n(c2C(=O)NC[C@H]2CCCO2)CCS3(=O)=O)cc1. The van der Waals surface area contributed by atoms with Crippen molar-refractivity contribution in [1.29, 1.82) is 0 Å². The molecule has 0 saturated carbocycles. The minimum atomic E-state index is -3.47. The van der Waals surface area contributed by atoms with E-state index in [0.29, 0.717) is 30.2 Å². The van der Waals surface area contributed by atoms with Crippen molar-refractivity contribution in [1.82, 2.24) is 14.9 Å². The molecule has 2 aromatic rings. The average Bonchev–Trinajstić information content (AvgIpc) is 3.37. The minimum absolute atomic E-state index is 0.00286. The zero-order valence-electron chi connectivity index (χ0n) is 15.0. The molecule has 1 N–H and O–H groups in total. The van der Waals surface area contributed by atoms with Crippen LogP contribution in [0.4, 0.5) is 0 Å². The van der Waals surface area contributed by atoms with Crippen molar-refractivity contribution in [2.24, 2.45) is 0 Å². The molecule has 1 saturated heterocycles. The van der Waals surface area contributed by atoms with Crippen LogP contribution in [0.2, 0.25) is 0 Å². The normalized spacial score (nSPS) is 20.4. The number of amides is 1. The number of rotatable bonds is 5. The van der Waals surface area contributed by atoms with Gasteiger partial charge in [-0.3, -0.25) is 4.79 Å². The van der Waals surface area contributed by atoms with Gasteiger partial charge in [0, 0.05) is 25.3 Å². The van der Waals surface area contributed by atoms with Gasteiger partial charge in [0.2, 0.25) is 15.0 Å². The number of imidazole rings is 1. The molecule has 1 amide bonds. The molecule has 0 unspecified atom stereocenters. The van der Waals surface area contributed by atoms with E-state index in [1.54, 1.807) is 31.4 Å².